The third-order valence-corrected chi connectivity index (χ3v) is 9.85. The van der Waals surface area contributed by atoms with Crippen LogP contribution in [0.2, 0.25) is 0 Å². The molecule has 2 heterocycles. The quantitative estimate of drug-likeness (QED) is 0.501. The number of likely N-dealkylation sites (tertiary alicyclic amines) is 1. The zero-order valence-electron chi connectivity index (χ0n) is 19.6. The minimum Gasteiger partial charge on any atom is -0.508 e. The van der Waals surface area contributed by atoms with Crippen molar-refractivity contribution in [3.63, 3.8) is 0 Å². The van der Waals surface area contributed by atoms with Gasteiger partial charge in [0.2, 0.25) is 5.91 Å². The summed E-state index contributed by atoms with van der Waals surface area (Å²) in [7, 11) is 1.88. The first-order valence-corrected chi connectivity index (χ1v) is 13.9. The van der Waals surface area contributed by atoms with Crippen LogP contribution in [0, 0.1) is 5.92 Å². The Hall–Kier alpha value is -1.67. The Balaban J connectivity index is 1.39. The first-order valence-electron chi connectivity index (χ1n) is 12.2. The molecule has 0 unspecified atom stereocenters. The van der Waals surface area contributed by atoms with E-state index in [-0.39, 0.29) is 17.7 Å². The van der Waals surface area contributed by atoms with Gasteiger partial charge in [-0.2, -0.15) is 0 Å². The molecular formula is C27H33BrN2O3S. The largest absolute Gasteiger partial charge is 0.508 e. The van der Waals surface area contributed by atoms with Gasteiger partial charge >= 0.3 is 0 Å². The number of benzene rings is 1. The normalized spacial score (nSPS) is 29.8. The van der Waals surface area contributed by atoms with Crippen LogP contribution in [-0.2, 0) is 10.2 Å². The summed E-state index contributed by atoms with van der Waals surface area (Å²) in [5.41, 5.74) is -0.357. The number of rotatable bonds is 6. The van der Waals surface area contributed by atoms with Crippen molar-refractivity contribution in [3.05, 3.63) is 56.7 Å². The predicted octanol–water partition coefficient (Wildman–Crippen LogP) is 5.03. The van der Waals surface area contributed by atoms with E-state index in [1.807, 2.05) is 47.7 Å². The molecule has 3 atom stereocenters. The van der Waals surface area contributed by atoms with E-state index >= 15 is 0 Å². The van der Waals surface area contributed by atoms with Gasteiger partial charge in [0.15, 0.2) is 0 Å². The number of aromatic hydroxyl groups is 1. The Kier molecular flexibility index (Phi) is 6.66. The molecule has 182 valence electrons. The summed E-state index contributed by atoms with van der Waals surface area (Å²) >= 11 is 5.05. The predicted molar refractivity (Wildman–Crippen MR) is 140 cm³/mol. The van der Waals surface area contributed by atoms with Crippen molar-refractivity contribution in [3.8, 4) is 5.75 Å². The Labute approximate surface area is 214 Å². The van der Waals surface area contributed by atoms with Crippen molar-refractivity contribution >= 4 is 39.2 Å². The number of thiophene rings is 1. The summed E-state index contributed by atoms with van der Waals surface area (Å²) in [5.74, 6) is 0.996. The Morgan fingerprint density at radius 2 is 2.12 bits per heavy atom. The van der Waals surface area contributed by atoms with Gasteiger partial charge in [-0.15, -0.1) is 11.3 Å². The lowest BCUT2D eigenvalue weighted by atomic mass is 9.55. The van der Waals surface area contributed by atoms with E-state index in [0.29, 0.717) is 19.4 Å². The van der Waals surface area contributed by atoms with Crippen LogP contribution in [0.4, 0.5) is 0 Å². The lowest BCUT2D eigenvalue weighted by Crippen LogP contribution is -2.67. The first-order chi connectivity index (χ1) is 16.3. The summed E-state index contributed by atoms with van der Waals surface area (Å²) in [4.78, 5) is 18.4. The fraction of sp³-hybridized carbons (Fsp3) is 0.519. The molecule has 7 heteroatoms. The highest BCUT2D eigenvalue weighted by Gasteiger charge is 2.58. The van der Waals surface area contributed by atoms with Crippen LogP contribution in [0.1, 0.15) is 49.0 Å². The van der Waals surface area contributed by atoms with Crippen LogP contribution in [0.3, 0.4) is 0 Å². The van der Waals surface area contributed by atoms with E-state index in [4.69, 9.17) is 0 Å². The number of phenolic OH excluding ortho intramolecular Hbond substituents is 1. The molecule has 2 N–H and O–H groups in total. The van der Waals surface area contributed by atoms with Crippen molar-refractivity contribution in [1.29, 1.82) is 0 Å². The third kappa shape index (κ3) is 4.72. The second kappa shape index (κ2) is 9.41. The number of halogens is 1. The number of fused-ring (bicyclic) bond motifs is 1. The highest BCUT2D eigenvalue weighted by molar-refractivity contribution is 9.10. The summed E-state index contributed by atoms with van der Waals surface area (Å²) in [6.45, 7) is 2.67. The highest BCUT2D eigenvalue weighted by Crippen LogP contribution is 2.53. The van der Waals surface area contributed by atoms with E-state index in [1.165, 1.54) is 12.8 Å². The van der Waals surface area contributed by atoms with Crippen molar-refractivity contribution in [2.24, 2.45) is 5.92 Å². The second-order valence-corrected chi connectivity index (χ2v) is 12.3. The van der Waals surface area contributed by atoms with Crippen LogP contribution in [-0.4, -0.2) is 64.2 Å². The fourth-order valence-electron chi connectivity index (χ4n) is 6.06. The molecular weight excluding hydrogens is 512 g/mol. The molecule has 3 fully saturated rings. The van der Waals surface area contributed by atoms with Crippen LogP contribution >= 0.6 is 27.3 Å². The van der Waals surface area contributed by atoms with Gasteiger partial charge in [0.1, 0.15) is 5.75 Å². The molecule has 1 aromatic heterocycles. The van der Waals surface area contributed by atoms with Gasteiger partial charge in [-0.3, -0.25) is 4.79 Å². The van der Waals surface area contributed by atoms with Gasteiger partial charge in [0.05, 0.1) is 5.60 Å². The molecule has 3 aliphatic rings. The maximum atomic E-state index is 13.1. The lowest BCUT2D eigenvalue weighted by molar-refractivity contribution is -0.144. The van der Waals surface area contributed by atoms with Crippen LogP contribution in [0.5, 0.6) is 5.75 Å². The second-order valence-electron chi connectivity index (χ2n) is 10.4. The van der Waals surface area contributed by atoms with Crippen LogP contribution in [0.25, 0.3) is 6.08 Å². The molecule has 1 amide bonds. The Morgan fingerprint density at radius 3 is 2.82 bits per heavy atom. The maximum absolute atomic E-state index is 13.1. The third-order valence-electron chi connectivity index (χ3n) is 8.19. The van der Waals surface area contributed by atoms with Crippen molar-refractivity contribution < 1.29 is 15.0 Å². The summed E-state index contributed by atoms with van der Waals surface area (Å²) < 4.78 is 1.02. The van der Waals surface area contributed by atoms with Gasteiger partial charge < -0.3 is 20.0 Å². The number of likely N-dealkylation sites (N-methyl/N-ethyl adjacent to an activating group) is 1. The zero-order valence-corrected chi connectivity index (χ0v) is 22.0. The number of hydrogen-bond acceptors (Lipinski definition) is 5. The summed E-state index contributed by atoms with van der Waals surface area (Å²) in [6.07, 6.45) is 9.08. The number of piperidine rings is 1. The number of carbonyl (C=O) groups excluding carboxylic acids is 1. The molecule has 0 spiro atoms. The minimum absolute atomic E-state index is 0.0165. The molecule has 2 saturated carbocycles. The minimum atomic E-state index is -0.868. The molecule has 0 radical (unpaired) electrons. The summed E-state index contributed by atoms with van der Waals surface area (Å²) in [6, 6.07) is 9.45. The summed E-state index contributed by atoms with van der Waals surface area (Å²) in [5, 5.41) is 24.4. The molecule has 2 aromatic rings. The van der Waals surface area contributed by atoms with Gasteiger partial charge in [0, 0.05) is 52.4 Å². The van der Waals surface area contributed by atoms with Crippen molar-refractivity contribution in [2.75, 3.05) is 26.7 Å². The average Bonchev–Trinajstić information content (AvgIpc) is 3.53. The Morgan fingerprint density at radius 1 is 1.29 bits per heavy atom. The van der Waals surface area contributed by atoms with Crippen molar-refractivity contribution in [2.45, 2.75) is 55.6 Å². The molecule has 0 bridgehead atoms. The molecule has 2 aliphatic carbocycles. The van der Waals surface area contributed by atoms with Gasteiger partial charge in [-0.05, 0) is 96.8 Å². The van der Waals surface area contributed by atoms with E-state index in [0.717, 1.165) is 46.8 Å². The molecule has 1 aliphatic heterocycles. The number of carbonyl (C=O) groups is 1. The molecule has 1 aromatic carbocycles. The number of phenols is 1. The smallest absolute Gasteiger partial charge is 0.246 e. The fourth-order valence-corrected chi connectivity index (χ4v) is 7.39. The van der Waals surface area contributed by atoms with Crippen LogP contribution < -0.4 is 0 Å². The highest BCUT2D eigenvalue weighted by atomic mass is 79.9. The number of nitrogens with zero attached hydrogens (tertiary/aromatic N) is 2. The SMILES string of the molecule is CN(C(=O)/C=C/c1cc(Br)cs1)[C@H]1CC[C@]2(O)CN(CC3CC3)CC[C@@]2(c2cccc(O)c2)C1. The van der Waals surface area contributed by atoms with E-state index in [1.54, 1.807) is 23.5 Å². The topological polar surface area (TPSA) is 64.0 Å². The van der Waals surface area contributed by atoms with Gasteiger partial charge in [-0.1, -0.05) is 12.1 Å². The van der Waals surface area contributed by atoms with E-state index in [2.05, 4.69) is 20.8 Å². The zero-order chi connectivity index (χ0) is 23.9. The average molecular weight is 546 g/mol. The monoisotopic (exact) mass is 544 g/mol. The lowest BCUT2D eigenvalue weighted by Gasteiger charge is -2.59. The van der Waals surface area contributed by atoms with Gasteiger partial charge in [0.25, 0.3) is 0 Å². The first kappa shape index (κ1) is 24.0. The maximum Gasteiger partial charge on any atom is 0.246 e. The van der Waals surface area contributed by atoms with E-state index < -0.39 is 11.0 Å². The molecule has 34 heavy (non-hydrogen) atoms. The molecule has 1 saturated heterocycles. The van der Waals surface area contributed by atoms with E-state index in [9.17, 15) is 15.0 Å². The van der Waals surface area contributed by atoms with Crippen LogP contribution in [0.15, 0.2) is 46.3 Å². The van der Waals surface area contributed by atoms with Gasteiger partial charge in [-0.25, -0.2) is 0 Å². The number of β-amino-alcohol motifs (C(OH)–C–C–N with tert-alkyl or cyclic N) is 1. The van der Waals surface area contributed by atoms with Crippen molar-refractivity contribution in [1.82, 2.24) is 9.80 Å². The number of aliphatic hydroxyl groups is 1. The standard InChI is InChI=1S/C27H33BrN2O3S/c1-29(25(32)8-7-24-14-21(28)17-34-24)22-9-10-27(33)18-30(16-19-5-6-19)12-11-26(27,15-22)20-3-2-4-23(31)13-20/h2-4,7-8,13-14,17,19,22,31,33H,5-6,9-12,15-16,18H2,1H3/b8-7+/t22-,26-,27-/m0/s1. The molecule has 5 nitrogen and oxygen atoms in total. The number of amides is 1. The Bertz CT molecular complexity index is 1080. The molecule has 5 rings (SSSR count). The number of hydrogen-bond donors (Lipinski definition) is 2.